The molecule has 0 amide bonds. The molecule has 11 heavy (non-hydrogen) atoms. The molecule has 0 fully saturated rings. The molecule has 0 saturated carbocycles. The van der Waals surface area contributed by atoms with Gasteiger partial charge >= 0.3 is 0 Å². The van der Waals surface area contributed by atoms with E-state index in [1.165, 1.54) is 12.3 Å². The fourth-order valence-corrected chi connectivity index (χ4v) is 1.07. The second-order valence-corrected chi connectivity index (χ2v) is 2.81. The van der Waals surface area contributed by atoms with Crippen LogP contribution in [0.25, 0.3) is 0 Å². The average molecular weight is 216 g/mol. The van der Waals surface area contributed by atoms with Crippen LogP contribution in [0.3, 0.4) is 0 Å². The molecule has 0 bridgehead atoms. The minimum Gasteiger partial charge on any atom is -0.507 e. The summed E-state index contributed by atoms with van der Waals surface area (Å²) in [6.45, 7) is 0. The topological polar surface area (TPSA) is 52.8 Å². The van der Waals surface area contributed by atoms with Gasteiger partial charge in [0.05, 0.1) is 10.7 Å². The smallest absolute Gasteiger partial charge is 0.129 e. The second-order valence-electron chi connectivity index (χ2n) is 1.96. The van der Waals surface area contributed by atoms with Gasteiger partial charge in [0.2, 0.25) is 0 Å². The van der Waals surface area contributed by atoms with E-state index < -0.39 is 0 Å². The molecule has 58 valence electrons. The number of rotatable bonds is 1. The van der Waals surface area contributed by atoms with Crippen molar-refractivity contribution in [3.8, 4) is 5.75 Å². The Morgan fingerprint density at radius 3 is 2.73 bits per heavy atom. The zero-order valence-corrected chi connectivity index (χ0v) is 7.12. The largest absolute Gasteiger partial charge is 0.507 e. The molecule has 1 aromatic carbocycles. The van der Waals surface area contributed by atoms with Crippen molar-refractivity contribution in [3.05, 3.63) is 28.2 Å². The Hall–Kier alpha value is -1.03. The summed E-state index contributed by atoms with van der Waals surface area (Å²) in [5, 5.41) is 20.1. The van der Waals surface area contributed by atoms with Crippen molar-refractivity contribution in [2.24, 2.45) is 5.16 Å². The van der Waals surface area contributed by atoms with Crippen LogP contribution < -0.4 is 0 Å². The molecule has 0 radical (unpaired) electrons. The van der Waals surface area contributed by atoms with E-state index in [0.717, 1.165) is 5.56 Å². The van der Waals surface area contributed by atoms with Crippen LogP contribution in [0, 0.1) is 0 Å². The number of oxime groups is 1. The van der Waals surface area contributed by atoms with Crippen molar-refractivity contribution < 1.29 is 10.3 Å². The predicted octanol–water partition coefficient (Wildman–Crippen LogP) is 1.96. The Bertz CT molecular complexity index is 286. The fraction of sp³-hybridized carbons (Fsp3) is 0. The summed E-state index contributed by atoms with van der Waals surface area (Å²) in [7, 11) is 0. The quantitative estimate of drug-likeness (QED) is 0.428. The number of aromatic hydroxyl groups is 1. The summed E-state index contributed by atoms with van der Waals surface area (Å²) < 4.78 is 0.579. The SMILES string of the molecule is O/N=C/c1ccc(O)c(Br)c1. The number of halogens is 1. The second kappa shape index (κ2) is 3.39. The maximum absolute atomic E-state index is 9.06. The van der Waals surface area contributed by atoms with Gasteiger partial charge in [0.1, 0.15) is 5.75 Å². The highest BCUT2D eigenvalue weighted by atomic mass is 79.9. The van der Waals surface area contributed by atoms with Crippen LogP contribution in [0.2, 0.25) is 0 Å². The third-order valence-electron chi connectivity index (χ3n) is 1.18. The first-order chi connectivity index (χ1) is 5.24. The number of nitrogens with zero attached hydrogens (tertiary/aromatic N) is 1. The van der Waals surface area contributed by atoms with Crippen LogP contribution in [-0.2, 0) is 0 Å². The number of phenols is 1. The normalized spacial score (nSPS) is 10.6. The lowest BCUT2D eigenvalue weighted by atomic mass is 10.2. The molecule has 3 nitrogen and oxygen atoms in total. The molecule has 1 rings (SSSR count). The van der Waals surface area contributed by atoms with Crippen molar-refractivity contribution in [3.63, 3.8) is 0 Å². The van der Waals surface area contributed by atoms with Gasteiger partial charge in [-0.3, -0.25) is 0 Å². The van der Waals surface area contributed by atoms with E-state index in [4.69, 9.17) is 10.3 Å². The lowest BCUT2D eigenvalue weighted by Gasteiger charge is -1.96. The van der Waals surface area contributed by atoms with E-state index in [2.05, 4.69) is 21.1 Å². The molecule has 1 aromatic rings. The molecule has 0 atom stereocenters. The summed E-state index contributed by atoms with van der Waals surface area (Å²) in [5.41, 5.74) is 0.720. The van der Waals surface area contributed by atoms with Crippen LogP contribution in [0.1, 0.15) is 5.56 Å². The fourth-order valence-electron chi connectivity index (χ4n) is 0.670. The van der Waals surface area contributed by atoms with Gasteiger partial charge in [-0.25, -0.2) is 0 Å². The predicted molar refractivity (Wildman–Crippen MR) is 45.2 cm³/mol. The average Bonchev–Trinajstić information content (AvgIpc) is 1.98. The summed E-state index contributed by atoms with van der Waals surface area (Å²) in [6.07, 6.45) is 1.28. The molecule has 0 spiro atoms. The van der Waals surface area contributed by atoms with Crippen molar-refractivity contribution in [1.82, 2.24) is 0 Å². The van der Waals surface area contributed by atoms with E-state index in [9.17, 15) is 0 Å². The van der Waals surface area contributed by atoms with Crippen LogP contribution in [0.5, 0.6) is 5.75 Å². The molecule has 0 heterocycles. The first-order valence-corrected chi connectivity index (χ1v) is 3.69. The first-order valence-electron chi connectivity index (χ1n) is 2.90. The molecule has 0 aliphatic heterocycles. The van der Waals surface area contributed by atoms with Crippen LogP contribution in [0.4, 0.5) is 0 Å². The van der Waals surface area contributed by atoms with Gasteiger partial charge < -0.3 is 10.3 Å². The molecular formula is C7H6BrNO2. The zero-order chi connectivity index (χ0) is 8.27. The standard InChI is InChI=1S/C7H6BrNO2/c8-6-3-5(4-9-11)1-2-7(6)10/h1-4,10-11H/b9-4+. The summed E-state index contributed by atoms with van der Waals surface area (Å²) in [6, 6.07) is 4.80. The highest BCUT2D eigenvalue weighted by Gasteiger charge is 1.96. The van der Waals surface area contributed by atoms with Gasteiger partial charge in [0.25, 0.3) is 0 Å². The third kappa shape index (κ3) is 1.94. The maximum atomic E-state index is 9.06. The summed E-state index contributed by atoms with van der Waals surface area (Å²) >= 11 is 3.12. The molecule has 4 heteroatoms. The van der Waals surface area contributed by atoms with E-state index in [1.54, 1.807) is 12.1 Å². The monoisotopic (exact) mass is 215 g/mol. The number of phenolic OH excluding ortho intramolecular Hbond substituents is 1. The molecule has 0 unspecified atom stereocenters. The number of hydrogen-bond acceptors (Lipinski definition) is 3. The summed E-state index contributed by atoms with van der Waals surface area (Å²) in [4.78, 5) is 0. The first kappa shape index (κ1) is 8.07. The molecule has 0 saturated heterocycles. The molecule has 0 aliphatic carbocycles. The minimum atomic E-state index is 0.167. The Balaban J connectivity index is 3.05. The minimum absolute atomic E-state index is 0.167. The highest BCUT2D eigenvalue weighted by Crippen LogP contribution is 2.23. The van der Waals surface area contributed by atoms with Crippen LogP contribution >= 0.6 is 15.9 Å². The Morgan fingerprint density at radius 2 is 2.18 bits per heavy atom. The third-order valence-corrected chi connectivity index (χ3v) is 1.81. The van der Waals surface area contributed by atoms with Gasteiger partial charge in [0, 0.05) is 0 Å². The number of benzene rings is 1. The van der Waals surface area contributed by atoms with Crippen molar-refractivity contribution >= 4 is 22.1 Å². The molecule has 0 aromatic heterocycles. The van der Waals surface area contributed by atoms with E-state index >= 15 is 0 Å². The van der Waals surface area contributed by atoms with Crippen LogP contribution in [-0.4, -0.2) is 16.5 Å². The van der Waals surface area contributed by atoms with Gasteiger partial charge in [-0.1, -0.05) is 5.16 Å². The zero-order valence-electron chi connectivity index (χ0n) is 5.53. The van der Waals surface area contributed by atoms with Crippen molar-refractivity contribution in [2.75, 3.05) is 0 Å². The lowest BCUT2D eigenvalue weighted by molar-refractivity contribution is 0.322. The summed E-state index contributed by atoms with van der Waals surface area (Å²) in [5.74, 6) is 0.167. The highest BCUT2D eigenvalue weighted by molar-refractivity contribution is 9.10. The Kier molecular flexibility index (Phi) is 2.48. The van der Waals surface area contributed by atoms with Gasteiger partial charge in [-0.05, 0) is 39.7 Å². The van der Waals surface area contributed by atoms with Crippen molar-refractivity contribution in [2.45, 2.75) is 0 Å². The van der Waals surface area contributed by atoms with E-state index in [0.29, 0.717) is 4.47 Å². The van der Waals surface area contributed by atoms with E-state index in [1.807, 2.05) is 0 Å². The Morgan fingerprint density at radius 1 is 1.45 bits per heavy atom. The van der Waals surface area contributed by atoms with Gasteiger partial charge in [0.15, 0.2) is 0 Å². The van der Waals surface area contributed by atoms with Gasteiger partial charge in [-0.2, -0.15) is 0 Å². The Labute approximate surface area is 72.1 Å². The maximum Gasteiger partial charge on any atom is 0.129 e. The lowest BCUT2D eigenvalue weighted by Crippen LogP contribution is -1.79. The van der Waals surface area contributed by atoms with Gasteiger partial charge in [-0.15, -0.1) is 0 Å². The number of hydrogen-bond donors (Lipinski definition) is 2. The molecule has 2 N–H and O–H groups in total. The van der Waals surface area contributed by atoms with Crippen molar-refractivity contribution in [1.29, 1.82) is 0 Å². The van der Waals surface area contributed by atoms with Crippen LogP contribution in [0.15, 0.2) is 27.8 Å². The van der Waals surface area contributed by atoms with E-state index in [-0.39, 0.29) is 5.75 Å². The molecular weight excluding hydrogens is 210 g/mol. The molecule has 0 aliphatic rings.